The summed E-state index contributed by atoms with van der Waals surface area (Å²) in [6.45, 7) is 5.51. The van der Waals surface area contributed by atoms with E-state index in [1.165, 1.54) is 12.0 Å². The van der Waals surface area contributed by atoms with E-state index in [1.807, 2.05) is 20.9 Å². The molecule has 0 saturated carbocycles. The molecule has 1 rings (SSSR count). The van der Waals surface area contributed by atoms with Gasteiger partial charge in [-0.25, -0.2) is 0 Å². The predicted molar refractivity (Wildman–Crippen MR) is 71.3 cm³/mol. The molecule has 0 fully saturated rings. The Kier molecular flexibility index (Phi) is 5.15. The molecule has 0 aromatic carbocycles. The van der Waals surface area contributed by atoms with Crippen molar-refractivity contribution in [1.82, 2.24) is 4.90 Å². The van der Waals surface area contributed by atoms with Crippen LogP contribution in [0.25, 0.3) is 0 Å². The number of thiophene rings is 1. The summed E-state index contributed by atoms with van der Waals surface area (Å²) in [5, 5.41) is 2.09. The molecule has 0 atom stereocenters. The standard InChI is InChI=1S/C13H21NO2S/c1-13(2,12(15)16-4)10-14(3)8-7-11-6-5-9-17-11/h5-6,9H,7-8,10H2,1-4H3. The molecule has 0 saturated heterocycles. The lowest BCUT2D eigenvalue weighted by Gasteiger charge is -2.27. The lowest BCUT2D eigenvalue weighted by Crippen LogP contribution is -2.38. The fourth-order valence-corrected chi connectivity index (χ4v) is 2.55. The van der Waals surface area contributed by atoms with E-state index in [4.69, 9.17) is 4.74 Å². The van der Waals surface area contributed by atoms with Crippen LogP contribution in [0.2, 0.25) is 0 Å². The number of esters is 1. The van der Waals surface area contributed by atoms with E-state index >= 15 is 0 Å². The van der Waals surface area contributed by atoms with Crippen molar-refractivity contribution in [2.75, 3.05) is 27.2 Å². The van der Waals surface area contributed by atoms with Crippen molar-refractivity contribution in [1.29, 1.82) is 0 Å². The Labute approximate surface area is 107 Å². The maximum Gasteiger partial charge on any atom is 0.312 e. The van der Waals surface area contributed by atoms with E-state index < -0.39 is 5.41 Å². The first-order valence-corrected chi connectivity index (χ1v) is 6.63. The summed E-state index contributed by atoms with van der Waals surface area (Å²) in [5.74, 6) is -0.152. The van der Waals surface area contributed by atoms with Crippen LogP contribution in [0.15, 0.2) is 17.5 Å². The number of carbonyl (C=O) groups excluding carboxylic acids is 1. The fraction of sp³-hybridized carbons (Fsp3) is 0.615. The number of methoxy groups -OCH3 is 1. The van der Waals surface area contributed by atoms with Crippen molar-refractivity contribution in [2.45, 2.75) is 20.3 Å². The molecule has 0 amide bonds. The SMILES string of the molecule is COC(=O)C(C)(C)CN(C)CCc1cccs1. The number of hydrogen-bond donors (Lipinski definition) is 0. The van der Waals surface area contributed by atoms with Gasteiger partial charge in [0, 0.05) is 18.0 Å². The Bertz CT molecular complexity index is 346. The van der Waals surface area contributed by atoms with E-state index in [0.29, 0.717) is 6.54 Å². The van der Waals surface area contributed by atoms with Gasteiger partial charge in [-0.2, -0.15) is 0 Å². The number of ether oxygens (including phenoxy) is 1. The first kappa shape index (κ1) is 14.2. The van der Waals surface area contributed by atoms with Gasteiger partial charge in [-0.15, -0.1) is 11.3 Å². The maximum atomic E-state index is 11.6. The van der Waals surface area contributed by atoms with Crippen molar-refractivity contribution in [3.63, 3.8) is 0 Å². The van der Waals surface area contributed by atoms with E-state index in [9.17, 15) is 4.79 Å². The molecule has 3 nitrogen and oxygen atoms in total. The average molecular weight is 255 g/mol. The molecule has 0 aliphatic carbocycles. The zero-order chi connectivity index (χ0) is 12.9. The third kappa shape index (κ3) is 4.48. The van der Waals surface area contributed by atoms with Gasteiger partial charge in [0.15, 0.2) is 0 Å². The molecular weight excluding hydrogens is 234 g/mol. The lowest BCUT2D eigenvalue weighted by molar-refractivity contribution is -0.151. The van der Waals surface area contributed by atoms with Crippen LogP contribution >= 0.6 is 11.3 Å². The van der Waals surface area contributed by atoms with Gasteiger partial charge >= 0.3 is 5.97 Å². The van der Waals surface area contributed by atoms with Gasteiger partial charge in [0.25, 0.3) is 0 Å². The highest BCUT2D eigenvalue weighted by molar-refractivity contribution is 7.09. The van der Waals surface area contributed by atoms with E-state index in [0.717, 1.165) is 13.0 Å². The van der Waals surface area contributed by atoms with Crippen molar-refractivity contribution in [3.8, 4) is 0 Å². The fourth-order valence-electron chi connectivity index (χ4n) is 1.85. The number of rotatable bonds is 6. The molecule has 17 heavy (non-hydrogen) atoms. The van der Waals surface area contributed by atoms with Gasteiger partial charge in [0.05, 0.1) is 12.5 Å². The average Bonchev–Trinajstić information content (AvgIpc) is 2.77. The van der Waals surface area contributed by atoms with E-state index in [1.54, 1.807) is 11.3 Å². The topological polar surface area (TPSA) is 29.5 Å². The quantitative estimate of drug-likeness (QED) is 0.731. The molecule has 96 valence electrons. The van der Waals surface area contributed by atoms with Gasteiger partial charge in [-0.1, -0.05) is 6.07 Å². The van der Waals surface area contributed by atoms with Gasteiger partial charge in [0.2, 0.25) is 0 Å². The summed E-state index contributed by atoms with van der Waals surface area (Å²) in [6.07, 6.45) is 1.03. The minimum atomic E-state index is -0.445. The second-order valence-corrected chi connectivity index (χ2v) is 5.97. The van der Waals surface area contributed by atoms with Crippen LogP contribution in [0.4, 0.5) is 0 Å². The Morgan fingerprint density at radius 1 is 1.53 bits per heavy atom. The van der Waals surface area contributed by atoms with Crippen molar-refractivity contribution < 1.29 is 9.53 Å². The predicted octanol–water partition coefficient (Wildman–Crippen LogP) is 2.42. The highest BCUT2D eigenvalue weighted by Gasteiger charge is 2.29. The highest BCUT2D eigenvalue weighted by atomic mass is 32.1. The van der Waals surface area contributed by atoms with Crippen LogP contribution in [0.3, 0.4) is 0 Å². The molecule has 1 aromatic heterocycles. The number of carbonyl (C=O) groups is 1. The van der Waals surface area contributed by atoms with Crippen LogP contribution in [-0.2, 0) is 16.0 Å². The Hall–Kier alpha value is -0.870. The number of nitrogens with zero attached hydrogens (tertiary/aromatic N) is 1. The smallest absolute Gasteiger partial charge is 0.312 e. The normalized spacial score (nSPS) is 11.8. The molecule has 0 N–H and O–H groups in total. The maximum absolute atomic E-state index is 11.6. The van der Waals surface area contributed by atoms with Gasteiger partial charge < -0.3 is 9.64 Å². The van der Waals surface area contributed by atoms with E-state index in [2.05, 4.69) is 22.4 Å². The monoisotopic (exact) mass is 255 g/mol. The van der Waals surface area contributed by atoms with E-state index in [-0.39, 0.29) is 5.97 Å². The summed E-state index contributed by atoms with van der Waals surface area (Å²) in [4.78, 5) is 15.1. The number of likely N-dealkylation sites (N-methyl/N-ethyl adjacent to an activating group) is 1. The Balaban J connectivity index is 2.38. The largest absolute Gasteiger partial charge is 0.469 e. The summed E-state index contributed by atoms with van der Waals surface area (Å²) < 4.78 is 4.80. The van der Waals surface area contributed by atoms with Crippen LogP contribution in [0, 0.1) is 5.41 Å². The minimum Gasteiger partial charge on any atom is -0.469 e. The third-order valence-electron chi connectivity index (χ3n) is 2.72. The van der Waals surface area contributed by atoms with Gasteiger partial charge in [-0.05, 0) is 38.8 Å². The number of hydrogen-bond acceptors (Lipinski definition) is 4. The molecule has 0 aliphatic rings. The van der Waals surface area contributed by atoms with Crippen LogP contribution < -0.4 is 0 Å². The van der Waals surface area contributed by atoms with Crippen LogP contribution in [0.1, 0.15) is 18.7 Å². The second kappa shape index (κ2) is 6.17. The summed E-state index contributed by atoms with van der Waals surface area (Å²) >= 11 is 1.78. The van der Waals surface area contributed by atoms with Gasteiger partial charge in [-0.3, -0.25) is 4.79 Å². The molecule has 0 bridgehead atoms. The first-order chi connectivity index (χ1) is 7.95. The summed E-state index contributed by atoms with van der Waals surface area (Å²) in [5.41, 5.74) is -0.445. The molecule has 1 heterocycles. The van der Waals surface area contributed by atoms with Crippen LogP contribution in [-0.4, -0.2) is 38.1 Å². The molecular formula is C13H21NO2S. The first-order valence-electron chi connectivity index (χ1n) is 5.75. The zero-order valence-electron chi connectivity index (χ0n) is 11.0. The second-order valence-electron chi connectivity index (χ2n) is 4.94. The van der Waals surface area contributed by atoms with Crippen LogP contribution in [0.5, 0.6) is 0 Å². The Morgan fingerprint density at radius 2 is 2.24 bits per heavy atom. The molecule has 0 spiro atoms. The zero-order valence-corrected chi connectivity index (χ0v) is 11.8. The van der Waals surface area contributed by atoms with Crippen molar-refractivity contribution in [3.05, 3.63) is 22.4 Å². The highest BCUT2D eigenvalue weighted by Crippen LogP contribution is 2.18. The molecule has 1 aromatic rings. The van der Waals surface area contributed by atoms with Crippen molar-refractivity contribution >= 4 is 17.3 Å². The minimum absolute atomic E-state index is 0.152. The lowest BCUT2D eigenvalue weighted by atomic mass is 9.93. The molecule has 0 unspecified atom stereocenters. The molecule has 0 radical (unpaired) electrons. The molecule has 4 heteroatoms. The summed E-state index contributed by atoms with van der Waals surface area (Å²) in [7, 11) is 3.48. The third-order valence-corrected chi connectivity index (χ3v) is 3.66. The summed E-state index contributed by atoms with van der Waals surface area (Å²) in [6, 6.07) is 4.21. The van der Waals surface area contributed by atoms with Crippen molar-refractivity contribution in [2.24, 2.45) is 5.41 Å². The molecule has 0 aliphatic heterocycles. The van der Waals surface area contributed by atoms with Gasteiger partial charge in [0.1, 0.15) is 0 Å². The Morgan fingerprint density at radius 3 is 2.76 bits per heavy atom.